The predicted molar refractivity (Wildman–Crippen MR) is 77.6 cm³/mol. The Kier molecular flexibility index (Phi) is 4.28. The van der Waals surface area contributed by atoms with E-state index in [0.717, 1.165) is 11.3 Å². The number of thiocarbonyl (C=S) groups is 1. The third kappa shape index (κ3) is 3.55. The van der Waals surface area contributed by atoms with Crippen LogP contribution in [0, 0.1) is 0 Å². The second-order valence-corrected chi connectivity index (χ2v) is 4.10. The maximum Gasteiger partial charge on any atom is 0.266 e. The van der Waals surface area contributed by atoms with Crippen LogP contribution in [0.3, 0.4) is 0 Å². The van der Waals surface area contributed by atoms with Crippen molar-refractivity contribution in [3.8, 4) is 5.75 Å². The van der Waals surface area contributed by atoms with Crippen LogP contribution < -0.4 is 15.8 Å². The van der Waals surface area contributed by atoms with Crippen LogP contribution in [0.1, 0.15) is 5.56 Å². The Morgan fingerprint density at radius 2 is 1.72 bits per heavy atom. The van der Waals surface area contributed by atoms with Crippen molar-refractivity contribution in [2.75, 3.05) is 5.32 Å². The van der Waals surface area contributed by atoms with Crippen LogP contribution in [0.4, 0.5) is 5.69 Å². The van der Waals surface area contributed by atoms with E-state index in [1.165, 1.54) is 0 Å². The summed E-state index contributed by atoms with van der Waals surface area (Å²) in [5.41, 5.74) is 7.49. The molecule has 0 spiro atoms. The van der Waals surface area contributed by atoms with Gasteiger partial charge in [0.05, 0.1) is 0 Å². The quantitative estimate of drug-likeness (QED) is 0.831. The monoisotopic (exact) mass is 258 g/mol. The molecule has 0 fully saturated rings. The summed E-state index contributed by atoms with van der Waals surface area (Å²) in [6.45, 7) is 0.533. The molecule has 2 aromatic carbocycles. The van der Waals surface area contributed by atoms with Crippen LogP contribution in [0.5, 0.6) is 5.75 Å². The van der Waals surface area contributed by atoms with Crippen molar-refractivity contribution in [3.05, 3.63) is 60.2 Å². The number of para-hydroxylation sites is 1. The van der Waals surface area contributed by atoms with E-state index >= 15 is 0 Å². The van der Waals surface area contributed by atoms with Crippen LogP contribution in [0.2, 0.25) is 0 Å². The minimum atomic E-state index is 0.321. The Hall–Kier alpha value is -1.91. The summed E-state index contributed by atoms with van der Waals surface area (Å²) in [5, 5.41) is 3.33. The van der Waals surface area contributed by atoms with Crippen LogP contribution in [-0.2, 0) is 6.54 Å². The highest BCUT2D eigenvalue weighted by molar-refractivity contribution is 7.80. The van der Waals surface area contributed by atoms with Gasteiger partial charge < -0.3 is 15.8 Å². The van der Waals surface area contributed by atoms with Crippen LogP contribution in [0.15, 0.2) is 54.6 Å². The zero-order valence-electron chi connectivity index (χ0n) is 9.80. The van der Waals surface area contributed by atoms with Crippen molar-refractivity contribution in [2.45, 2.75) is 6.54 Å². The number of nitrogens with two attached hydrogens (primary N) is 1. The lowest BCUT2D eigenvalue weighted by atomic mass is 10.2. The number of anilines is 1. The van der Waals surface area contributed by atoms with Gasteiger partial charge in [-0.25, -0.2) is 0 Å². The molecule has 0 aliphatic carbocycles. The summed E-state index contributed by atoms with van der Waals surface area (Å²) in [6, 6.07) is 17.2. The molecule has 18 heavy (non-hydrogen) atoms. The van der Waals surface area contributed by atoms with Gasteiger partial charge in [0.25, 0.3) is 5.17 Å². The van der Waals surface area contributed by atoms with Crippen molar-refractivity contribution in [1.82, 2.24) is 0 Å². The summed E-state index contributed by atoms with van der Waals surface area (Å²) >= 11 is 5.12. The van der Waals surface area contributed by atoms with Crippen LogP contribution >= 0.6 is 12.2 Å². The number of nitrogens with one attached hydrogen (secondary N) is 1. The molecule has 0 radical (unpaired) electrons. The predicted octanol–water partition coefficient (Wildman–Crippen LogP) is 2.92. The summed E-state index contributed by atoms with van der Waals surface area (Å²) in [7, 11) is 0. The van der Waals surface area contributed by atoms with Crippen molar-refractivity contribution >= 4 is 23.1 Å². The van der Waals surface area contributed by atoms with Gasteiger partial charge in [-0.2, -0.15) is 0 Å². The van der Waals surface area contributed by atoms with Gasteiger partial charge >= 0.3 is 0 Å². The molecular formula is C14H14N2OS. The lowest BCUT2D eigenvalue weighted by Gasteiger charge is -2.09. The van der Waals surface area contributed by atoms with Crippen molar-refractivity contribution < 1.29 is 4.74 Å². The fourth-order valence-electron chi connectivity index (χ4n) is 1.46. The van der Waals surface area contributed by atoms with Gasteiger partial charge in [-0.1, -0.05) is 30.3 Å². The van der Waals surface area contributed by atoms with Gasteiger partial charge in [-0.3, -0.25) is 0 Å². The third-order valence-electron chi connectivity index (χ3n) is 2.39. The first-order valence-electron chi connectivity index (χ1n) is 5.61. The fourth-order valence-corrected chi connectivity index (χ4v) is 1.68. The van der Waals surface area contributed by atoms with Gasteiger partial charge in [0.1, 0.15) is 5.75 Å². The second-order valence-electron chi connectivity index (χ2n) is 3.73. The second kappa shape index (κ2) is 6.14. The molecule has 92 valence electrons. The molecule has 4 heteroatoms. The number of rotatable bonds is 3. The molecule has 0 unspecified atom stereocenters. The zero-order valence-corrected chi connectivity index (χ0v) is 10.6. The Bertz CT molecular complexity index is 511. The van der Waals surface area contributed by atoms with Gasteiger partial charge in [0.15, 0.2) is 0 Å². The average Bonchev–Trinajstić information content (AvgIpc) is 2.40. The van der Waals surface area contributed by atoms with E-state index in [9.17, 15) is 0 Å². The maximum absolute atomic E-state index is 5.53. The molecule has 0 heterocycles. The Labute approximate surface area is 112 Å². The molecule has 0 saturated heterocycles. The molecule has 0 saturated carbocycles. The van der Waals surface area contributed by atoms with Gasteiger partial charge in [0, 0.05) is 12.2 Å². The van der Waals surface area contributed by atoms with Crippen molar-refractivity contribution in [1.29, 1.82) is 0 Å². The highest BCUT2D eigenvalue weighted by Gasteiger charge is 2.00. The van der Waals surface area contributed by atoms with E-state index in [4.69, 9.17) is 22.7 Å². The van der Waals surface area contributed by atoms with Crippen LogP contribution in [-0.4, -0.2) is 5.17 Å². The number of hydrogen-bond acceptors (Lipinski definition) is 3. The average molecular weight is 258 g/mol. The summed E-state index contributed by atoms with van der Waals surface area (Å²) in [6.07, 6.45) is 0. The summed E-state index contributed by atoms with van der Waals surface area (Å²) in [5.74, 6) is 0.716. The molecule has 0 aliphatic rings. The SMILES string of the molecule is NCc1ccc(NC(=S)Oc2ccccc2)cc1. The summed E-state index contributed by atoms with van der Waals surface area (Å²) < 4.78 is 5.47. The lowest BCUT2D eigenvalue weighted by Crippen LogP contribution is -2.16. The molecule has 0 amide bonds. The minimum absolute atomic E-state index is 0.321. The van der Waals surface area contributed by atoms with E-state index in [-0.39, 0.29) is 0 Å². The fraction of sp³-hybridized carbons (Fsp3) is 0.0714. The van der Waals surface area contributed by atoms with E-state index in [2.05, 4.69) is 5.32 Å². The molecule has 2 aromatic rings. The molecule has 0 aromatic heterocycles. The first kappa shape index (κ1) is 12.5. The first-order chi connectivity index (χ1) is 8.78. The Morgan fingerprint density at radius 3 is 2.33 bits per heavy atom. The van der Waals surface area contributed by atoms with E-state index in [0.29, 0.717) is 17.5 Å². The van der Waals surface area contributed by atoms with Crippen LogP contribution in [0.25, 0.3) is 0 Å². The highest BCUT2D eigenvalue weighted by atomic mass is 32.1. The Morgan fingerprint density at radius 1 is 1.06 bits per heavy atom. The van der Waals surface area contributed by atoms with Crippen molar-refractivity contribution in [3.63, 3.8) is 0 Å². The number of ether oxygens (including phenoxy) is 1. The molecule has 0 atom stereocenters. The zero-order chi connectivity index (χ0) is 12.8. The lowest BCUT2D eigenvalue weighted by molar-refractivity contribution is 0.563. The van der Waals surface area contributed by atoms with Gasteiger partial charge in [0.2, 0.25) is 0 Å². The van der Waals surface area contributed by atoms with E-state index in [1.807, 2.05) is 54.6 Å². The number of benzene rings is 2. The molecular weight excluding hydrogens is 244 g/mol. The van der Waals surface area contributed by atoms with E-state index < -0.39 is 0 Å². The molecule has 0 bridgehead atoms. The highest BCUT2D eigenvalue weighted by Crippen LogP contribution is 2.12. The molecule has 0 aliphatic heterocycles. The molecule has 3 nitrogen and oxygen atoms in total. The molecule has 3 N–H and O–H groups in total. The van der Waals surface area contributed by atoms with E-state index in [1.54, 1.807) is 0 Å². The minimum Gasteiger partial charge on any atom is -0.432 e. The first-order valence-corrected chi connectivity index (χ1v) is 6.01. The standard InChI is InChI=1S/C14H14N2OS/c15-10-11-6-8-12(9-7-11)16-14(18)17-13-4-2-1-3-5-13/h1-9H,10,15H2,(H,16,18). The molecule has 2 rings (SSSR count). The van der Waals surface area contributed by atoms with Gasteiger partial charge in [-0.15, -0.1) is 0 Å². The normalized spacial score (nSPS) is 9.83. The topological polar surface area (TPSA) is 47.3 Å². The third-order valence-corrected chi connectivity index (χ3v) is 2.58. The maximum atomic E-state index is 5.53. The number of hydrogen-bond donors (Lipinski definition) is 2. The Balaban J connectivity index is 1.94. The smallest absolute Gasteiger partial charge is 0.266 e. The van der Waals surface area contributed by atoms with Gasteiger partial charge in [-0.05, 0) is 42.0 Å². The van der Waals surface area contributed by atoms with Crippen molar-refractivity contribution in [2.24, 2.45) is 5.73 Å². The summed E-state index contributed by atoms with van der Waals surface area (Å²) in [4.78, 5) is 0. The largest absolute Gasteiger partial charge is 0.432 e.